The van der Waals surface area contributed by atoms with E-state index in [0.717, 1.165) is 6.07 Å². The van der Waals surface area contributed by atoms with Gasteiger partial charge in [0.15, 0.2) is 5.78 Å². The van der Waals surface area contributed by atoms with E-state index in [0.29, 0.717) is 5.56 Å². The second-order valence-corrected chi connectivity index (χ2v) is 6.01. The van der Waals surface area contributed by atoms with E-state index < -0.39 is 17.5 Å². The molecule has 5 heteroatoms. The average molecular weight is 315 g/mol. The molecule has 0 bridgehead atoms. The van der Waals surface area contributed by atoms with Crippen LogP contribution in [0.5, 0.6) is 0 Å². The summed E-state index contributed by atoms with van der Waals surface area (Å²) in [5.41, 5.74) is 0.00941. The summed E-state index contributed by atoms with van der Waals surface area (Å²) in [6, 6.07) is 12.1. The minimum Gasteiger partial charge on any atom is -0.444 e. The number of carbonyl (C=O) groups is 2. The maximum atomic E-state index is 13.5. The Labute approximate surface area is 134 Å². The van der Waals surface area contributed by atoms with E-state index in [-0.39, 0.29) is 17.0 Å². The van der Waals surface area contributed by atoms with Crippen LogP contribution in [0, 0.1) is 5.82 Å². The molecule has 4 nitrogen and oxygen atoms in total. The van der Waals surface area contributed by atoms with Gasteiger partial charge in [-0.2, -0.15) is 0 Å². The number of benzene rings is 2. The normalized spacial score (nSPS) is 11.0. The van der Waals surface area contributed by atoms with Gasteiger partial charge < -0.3 is 4.74 Å². The summed E-state index contributed by atoms with van der Waals surface area (Å²) in [6.07, 6.45) is -0.703. The molecule has 0 heterocycles. The maximum Gasteiger partial charge on any atom is 0.412 e. The topological polar surface area (TPSA) is 55.4 Å². The molecule has 0 unspecified atom stereocenters. The Hall–Kier alpha value is -2.69. The average Bonchev–Trinajstić information content (AvgIpc) is 2.47. The number of rotatable bonds is 3. The first-order valence-electron chi connectivity index (χ1n) is 7.15. The van der Waals surface area contributed by atoms with Crippen molar-refractivity contribution >= 4 is 17.6 Å². The Balaban J connectivity index is 2.31. The first kappa shape index (κ1) is 16.7. The number of hydrogen-bond acceptors (Lipinski definition) is 3. The zero-order chi connectivity index (χ0) is 17.0. The summed E-state index contributed by atoms with van der Waals surface area (Å²) < 4.78 is 18.7. The molecular formula is C18H18FNO3. The lowest BCUT2D eigenvalue weighted by atomic mass is 10.0. The fourth-order valence-electron chi connectivity index (χ4n) is 1.97. The standard InChI is InChI=1S/C18H18FNO3/c1-18(2,3)23-17(22)20-15-10-9-13(19)11-14(15)16(21)12-7-5-4-6-8-12/h4-11H,1-3H3,(H,20,22). The van der Waals surface area contributed by atoms with Crippen LogP contribution in [0.3, 0.4) is 0 Å². The lowest BCUT2D eigenvalue weighted by molar-refractivity contribution is 0.0636. The molecule has 1 N–H and O–H groups in total. The quantitative estimate of drug-likeness (QED) is 0.854. The molecule has 2 rings (SSSR count). The minimum absolute atomic E-state index is 0.0714. The van der Waals surface area contributed by atoms with E-state index in [1.807, 2.05) is 0 Å². The Kier molecular flexibility index (Phi) is 4.79. The number of halogens is 1. The number of carbonyl (C=O) groups excluding carboxylic acids is 2. The van der Waals surface area contributed by atoms with Crippen LogP contribution in [0.4, 0.5) is 14.9 Å². The van der Waals surface area contributed by atoms with E-state index in [4.69, 9.17) is 4.74 Å². The third-order valence-corrected chi connectivity index (χ3v) is 2.90. The fraction of sp³-hybridized carbons (Fsp3) is 0.222. The lowest BCUT2D eigenvalue weighted by Gasteiger charge is -2.20. The molecular weight excluding hydrogens is 297 g/mol. The number of amides is 1. The van der Waals surface area contributed by atoms with Crippen molar-refractivity contribution in [3.8, 4) is 0 Å². The van der Waals surface area contributed by atoms with E-state index in [1.54, 1.807) is 51.1 Å². The molecule has 0 radical (unpaired) electrons. The molecule has 0 aliphatic heterocycles. The Morgan fingerprint density at radius 2 is 1.70 bits per heavy atom. The summed E-state index contributed by atoms with van der Waals surface area (Å²) in [7, 11) is 0. The molecule has 0 atom stereocenters. The van der Waals surface area contributed by atoms with Crippen LogP contribution < -0.4 is 5.32 Å². The number of ketones is 1. The fourth-order valence-corrected chi connectivity index (χ4v) is 1.97. The van der Waals surface area contributed by atoms with Crippen molar-refractivity contribution in [3.05, 3.63) is 65.5 Å². The van der Waals surface area contributed by atoms with E-state index >= 15 is 0 Å². The van der Waals surface area contributed by atoms with Crippen molar-refractivity contribution in [2.75, 3.05) is 5.32 Å². The highest BCUT2D eigenvalue weighted by Crippen LogP contribution is 2.22. The minimum atomic E-state index is -0.703. The van der Waals surface area contributed by atoms with Gasteiger partial charge in [0, 0.05) is 11.1 Å². The Morgan fingerprint density at radius 1 is 1.04 bits per heavy atom. The largest absolute Gasteiger partial charge is 0.444 e. The first-order chi connectivity index (χ1) is 10.8. The van der Waals surface area contributed by atoms with Gasteiger partial charge in [-0.1, -0.05) is 30.3 Å². The van der Waals surface area contributed by atoms with Crippen molar-refractivity contribution < 1.29 is 18.7 Å². The van der Waals surface area contributed by atoms with E-state index in [9.17, 15) is 14.0 Å². The van der Waals surface area contributed by atoms with Crippen LogP contribution in [0.1, 0.15) is 36.7 Å². The highest BCUT2D eigenvalue weighted by molar-refractivity contribution is 6.13. The van der Waals surface area contributed by atoms with Crippen molar-refractivity contribution in [2.24, 2.45) is 0 Å². The SMILES string of the molecule is CC(C)(C)OC(=O)Nc1ccc(F)cc1C(=O)c1ccccc1. The van der Waals surface area contributed by atoms with Gasteiger partial charge in [-0.25, -0.2) is 9.18 Å². The molecule has 2 aromatic carbocycles. The van der Waals surface area contributed by atoms with Gasteiger partial charge in [0.05, 0.1) is 5.69 Å². The van der Waals surface area contributed by atoms with Crippen molar-refractivity contribution in [1.29, 1.82) is 0 Å². The third-order valence-electron chi connectivity index (χ3n) is 2.90. The molecule has 0 saturated carbocycles. The van der Waals surface area contributed by atoms with E-state index in [1.165, 1.54) is 12.1 Å². The summed E-state index contributed by atoms with van der Waals surface area (Å²) in [5, 5.41) is 2.50. The Morgan fingerprint density at radius 3 is 2.30 bits per heavy atom. The van der Waals surface area contributed by atoms with Gasteiger partial charge >= 0.3 is 6.09 Å². The predicted octanol–water partition coefficient (Wildman–Crippen LogP) is 4.40. The highest BCUT2D eigenvalue weighted by atomic mass is 19.1. The summed E-state index contributed by atoms with van der Waals surface area (Å²) >= 11 is 0. The second kappa shape index (κ2) is 6.60. The molecule has 23 heavy (non-hydrogen) atoms. The monoisotopic (exact) mass is 315 g/mol. The molecule has 0 fully saturated rings. The van der Waals surface area contributed by atoms with E-state index in [2.05, 4.69) is 5.32 Å². The van der Waals surface area contributed by atoms with Gasteiger partial charge in [-0.3, -0.25) is 10.1 Å². The van der Waals surface area contributed by atoms with Crippen molar-refractivity contribution in [2.45, 2.75) is 26.4 Å². The van der Waals surface area contributed by atoms with Gasteiger partial charge in [-0.05, 0) is 39.0 Å². The van der Waals surface area contributed by atoms with Crippen molar-refractivity contribution in [3.63, 3.8) is 0 Å². The van der Waals surface area contributed by atoms with Gasteiger partial charge in [-0.15, -0.1) is 0 Å². The molecule has 0 aromatic heterocycles. The molecule has 1 amide bonds. The number of ether oxygens (including phenoxy) is 1. The maximum absolute atomic E-state index is 13.5. The predicted molar refractivity (Wildman–Crippen MR) is 86.1 cm³/mol. The molecule has 0 aliphatic carbocycles. The number of nitrogens with one attached hydrogen (secondary N) is 1. The Bertz CT molecular complexity index is 721. The molecule has 0 aliphatic rings. The number of anilines is 1. The zero-order valence-electron chi connectivity index (χ0n) is 13.2. The van der Waals surface area contributed by atoms with Gasteiger partial charge in [0.1, 0.15) is 11.4 Å². The smallest absolute Gasteiger partial charge is 0.412 e. The van der Waals surface area contributed by atoms with Crippen LogP contribution in [0.25, 0.3) is 0 Å². The third kappa shape index (κ3) is 4.64. The van der Waals surface area contributed by atoms with Crippen LogP contribution in [0.15, 0.2) is 48.5 Å². The summed E-state index contributed by atoms with van der Waals surface area (Å²) in [5.74, 6) is -0.935. The van der Waals surface area contributed by atoms with Crippen LogP contribution >= 0.6 is 0 Å². The van der Waals surface area contributed by atoms with Gasteiger partial charge in [0.25, 0.3) is 0 Å². The summed E-state index contributed by atoms with van der Waals surface area (Å²) in [4.78, 5) is 24.4. The van der Waals surface area contributed by atoms with Crippen LogP contribution in [0.2, 0.25) is 0 Å². The van der Waals surface area contributed by atoms with Gasteiger partial charge in [0.2, 0.25) is 0 Å². The number of hydrogen-bond donors (Lipinski definition) is 1. The highest BCUT2D eigenvalue weighted by Gasteiger charge is 2.20. The molecule has 0 spiro atoms. The first-order valence-corrected chi connectivity index (χ1v) is 7.15. The van der Waals surface area contributed by atoms with Crippen LogP contribution in [-0.4, -0.2) is 17.5 Å². The molecule has 120 valence electrons. The van der Waals surface area contributed by atoms with Crippen LogP contribution in [-0.2, 0) is 4.74 Å². The molecule has 2 aromatic rings. The summed E-state index contributed by atoms with van der Waals surface area (Å²) in [6.45, 7) is 5.19. The lowest BCUT2D eigenvalue weighted by Crippen LogP contribution is -2.27. The van der Waals surface area contributed by atoms with Crippen molar-refractivity contribution in [1.82, 2.24) is 0 Å². The second-order valence-electron chi connectivity index (χ2n) is 6.01. The zero-order valence-corrected chi connectivity index (χ0v) is 13.2. The molecule has 0 saturated heterocycles.